The molecule has 90 valence electrons. The third-order valence-corrected chi connectivity index (χ3v) is 3.33. The van der Waals surface area contributed by atoms with Crippen molar-refractivity contribution in [2.75, 3.05) is 18.9 Å². The quantitative estimate of drug-likeness (QED) is 0.682. The molecule has 4 heteroatoms. The second kappa shape index (κ2) is 8.56. The molecule has 0 aromatic carbocycles. The molecule has 0 saturated carbocycles. The zero-order valence-electron chi connectivity index (χ0n) is 9.72. The second-order valence-corrected chi connectivity index (χ2v) is 4.82. The Labute approximate surface area is 102 Å². The molecule has 0 aliphatic heterocycles. The molecular weight excluding hydrogens is 220 g/mol. The molecular formula is C12H20N2OS. The van der Waals surface area contributed by atoms with Crippen LogP contribution in [0.5, 0.6) is 0 Å². The fourth-order valence-electron chi connectivity index (χ4n) is 1.36. The van der Waals surface area contributed by atoms with E-state index in [-0.39, 0.29) is 12.6 Å². The smallest absolute Gasteiger partial charge is 0.0584 e. The molecule has 0 aliphatic carbocycles. The lowest BCUT2D eigenvalue weighted by molar-refractivity contribution is 0.240. The molecule has 0 saturated heterocycles. The van der Waals surface area contributed by atoms with Gasteiger partial charge in [-0.05, 0) is 37.3 Å². The van der Waals surface area contributed by atoms with E-state index < -0.39 is 0 Å². The summed E-state index contributed by atoms with van der Waals surface area (Å²) in [5.74, 6) is 1.02. The Bertz CT molecular complexity index is 269. The summed E-state index contributed by atoms with van der Waals surface area (Å²) < 4.78 is 0. The van der Waals surface area contributed by atoms with Gasteiger partial charge in [0.15, 0.2) is 0 Å². The zero-order valence-corrected chi connectivity index (χ0v) is 10.5. The molecule has 1 aromatic rings. The maximum Gasteiger partial charge on any atom is 0.0584 e. The Morgan fingerprint density at radius 2 is 2.19 bits per heavy atom. The number of rotatable bonds is 8. The van der Waals surface area contributed by atoms with Crippen LogP contribution in [0.2, 0.25) is 0 Å². The summed E-state index contributed by atoms with van der Waals surface area (Å²) >= 11 is 1.81. The lowest BCUT2D eigenvalue weighted by Gasteiger charge is -2.15. The van der Waals surface area contributed by atoms with Crippen molar-refractivity contribution in [3.63, 3.8) is 0 Å². The van der Waals surface area contributed by atoms with Gasteiger partial charge in [0.05, 0.1) is 6.61 Å². The molecule has 3 nitrogen and oxygen atoms in total. The Morgan fingerprint density at radius 1 is 1.44 bits per heavy atom. The van der Waals surface area contributed by atoms with E-state index >= 15 is 0 Å². The number of nitrogens with zero attached hydrogens (tertiary/aromatic N) is 1. The number of aliphatic hydroxyl groups is 1. The molecule has 1 atom stereocenters. The average Bonchev–Trinajstić information content (AvgIpc) is 2.35. The van der Waals surface area contributed by atoms with Gasteiger partial charge in [-0.15, -0.1) is 11.8 Å². The monoisotopic (exact) mass is 240 g/mol. The van der Waals surface area contributed by atoms with E-state index in [1.807, 2.05) is 12.1 Å². The number of hydrogen-bond donors (Lipinski definition) is 2. The number of aliphatic hydroxyl groups excluding tert-OH is 1. The van der Waals surface area contributed by atoms with Crippen LogP contribution in [0.4, 0.5) is 0 Å². The van der Waals surface area contributed by atoms with E-state index in [0.29, 0.717) is 0 Å². The minimum absolute atomic E-state index is 0.219. The van der Waals surface area contributed by atoms with Crippen molar-refractivity contribution in [1.29, 1.82) is 0 Å². The van der Waals surface area contributed by atoms with Gasteiger partial charge in [0.2, 0.25) is 0 Å². The molecule has 1 unspecified atom stereocenters. The van der Waals surface area contributed by atoms with E-state index in [1.165, 1.54) is 4.90 Å². The average molecular weight is 240 g/mol. The lowest BCUT2D eigenvalue weighted by Crippen LogP contribution is -2.33. The van der Waals surface area contributed by atoms with Crippen molar-refractivity contribution < 1.29 is 5.11 Å². The van der Waals surface area contributed by atoms with Crippen molar-refractivity contribution in [1.82, 2.24) is 10.3 Å². The van der Waals surface area contributed by atoms with Crippen LogP contribution in [0, 0.1) is 0 Å². The van der Waals surface area contributed by atoms with Gasteiger partial charge in [-0.3, -0.25) is 4.98 Å². The molecule has 0 fully saturated rings. The van der Waals surface area contributed by atoms with Crippen molar-refractivity contribution in [3.8, 4) is 0 Å². The third-order valence-electron chi connectivity index (χ3n) is 2.29. The highest BCUT2D eigenvalue weighted by molar-refractivity contribution is 7.99. The molecule has 0 aliphatic rings. The summed E-state index contributed by atoms with van der Waals surface area (Å²) in [5.41, 5.74) is 0. The largest absolute Gasteiger partial charge is 0.395 e. The second-order valence-electron chi connectivity index (χ2n) is 3.65. The van der Waals surface area contributed by atoms with Crippen LogP contribution in [-0.2, 0) is 0 Å². The molecule has 1 heterocycles. The lowest BCUT2D eigenvalue weighted by atomic mass is 10.2. The minimum atomic E-state index is 0.219. The fraction of sp³-hybridized carbons (Fsp3) is 0.583. The summed E-state index contributed by atoms with van der Waals surface area (Å²) in [7, 11) is 0. The summed E-state index contributed by atoms with van der Waals surface area (Å²) in [5, 5.41) is 12.5. The topological polar surface area (TPSA) is 45.1 Å². The van der Waals surface area contributed by atoms with Gasteiger partial charge in [0.25, 0.3) is 0 Å². The zero-order chi connectivity index (χ0) is 11.6. The van der Waals surface area contributed by atoms with E-state index in [9.17, 15) is 0 Å². The van der Waals surface area contributed by atoms with Crippen LogP contribution in [0.3, 0.4) is 0 Å². The molecule has 2 N–H and O–H groups in total. The molecule has 1 aromatic heterocycles. The van der Waals surface area contributed by atoms with Gasteiger partial charge >= 0.3 is 0 Å². The number of nitrogens with one attached hydrogen (secondary N) is 1. The Kier molecular flexibility index (Phi) is 7.21. The predicted molar refractivity (Wildman–Crippen MR) is 68.7 cm³/mol. The van der Waals surface area contributed by atoms with E-state index in [1.54, 1.807) is 24.2 Å². The number of hydrogen-bond acceptors (Lipinski definition) is 4. The van der Waals surface area contributed by atoms with Gasteiger partial charge in [-0.25, -0.2) is 0 Å². The van der Waals surface area contributed by atoms with Gasteiger partial charge in [-0.2, -0.15) is 0 Å². The summed E-state index contributed by atoms with van der Waals surface area (Å²) in [6, 6.07) is 4.25. The predicted octanol–water partition coefficient (Wildman–Crippen LogP) is 1.92. The molecule has 0 amide bonds. The van der Waals surface area contributed by atoms with E-state index in [2.05, 4.69) is 17.2 Å². The molecule has 0 spiro atoms. The van der Waals surface area contributed by atoms with Gasteiger partial charge in [0, 0.05) is 23.3 Å². The summed E-state index contributed by atoms with van der Waals surface area (Å²) in [4.78, 5) is 5.22. The first-order chi connectivity index (χ1) is 7.86. The first kappa shape index (κ1) is 13.5. The Morgan fingerprint density at radius 3 is 2.81 bits per heavy atom. The minimum Gasteiger partial charge on any atom is -0.395 e. The molecule has 0 radical (unpaired) electrons. The van der Waals surface area contributed by atoms with Gasteiger partial charge < -0.3 is 10.4 Å². The highest BCUT2D eigenvalue weighted by Gasteiger charge is 2.05. The standard InChI is InChI=1S/C12H20N2OS/c1-2-6-14-11(10-15)5-9-16-12-3-7-13-8-4-12/h3-4,7-8,11,14-15H,2,5-6,9-10H2,1H3. The van der Waals surface area contributed by atoms with Crippen LogP contribution in [0.1, 0.15) is 19.8 Å². The SMILES string of the molecule is CCCNC(CO)CCSc1ccncc1. The number of aromatic nitrogens is 1. The summed E-state index contributed by atoms with van der Waals surface area (Å²) in [6.07, 6.45) is 5.71. The van der Waals surface area contributed by atoms with Crippen LogP contribution in [0.25, 0.3) is 0 Å². The highest BCUT2D eigenvalue weighted by Crippen LogP contribution is 2.17. The molecule has 0 bridgehead atoms. The maximum absolute atomic E-state index is 9.17. The first-order valence-electron chi connectivity index (χ1n) is 5.74. The van der Waals surface area contributed by atoms with Crippen molar-refractivity contribution in [2.24, 2.45) is 0 Å². The van der Waals surface area contributed by atoms with Crippen molar-refractivity contribution >= 4 is 11.8 Å². The number of pyridine rings is 1. The van der Waals surface area contributed by atoms with Crippen molar-refractivity contribution in [2.45, 2.75) is 30.7 Å². The molecule has 1 rings (SSSR count). The van der Waals surface area contributed by atoms with E-state index in [0.717, 1.165) is 25.1 Å². The fourth-order valence-corrected chi connectivity index (χ4v) is 2.31. The third kappa shape index (κ3) is 5.49. The van der Waals surface area contributed by atoms with E-state index in [4.69, 9.17) is 5.11 Å². The van der Waals surface area contributed by atoms with Crippen LogP contribution in [0.15, 0.2) is 29.4 Å². The molecule has 16 heavy (non-hydrogen) atoms. The number of thioether (sulfide) groups is 1. The Balaban J connectivity index is 2.18. The highest BCUT2D eigenvalue weighted by atomic mass is 32.2. The first-order valence-corrected chi connectivity index (χ1v) is 6.72. The van der Waals surface area contributed by atoms with Crippen LogP contribution < -0.4 is 5.32 Å². The maximum atomic E-state index is 9.17. The summed E-state index contributed by atoms with van der Waals surface area (Å²) in [6.45, 7) is 3.33. The normalized spacial score (nSPS) is 12.6. The van der Waals surface area contributed by atoms with Crippen LogP contribution in [-0.4, -0.2) is 35.0 Å². The van der Waals surface area contributed by atoms with Gasteiger partial charge in [-0.1, -0.05) is 6.92 Å². The van der Waals surface area contributed by atoms with Crippen molar-refractivity contribution in [3.05, 3.63) is 24.5 Å². The van der Waals surface area contributed by atoms with Gasteiger partial charge in [0.1, 0.15) is 0 Å². The Hall–Kier alpha value is -0.580. The van der Waals surface area contributed by atoms with Crippen LogP contribution >= 0.6 is 11.8 Å².